The van der Waals surface area contributed by atoms with Crippen LogP contribution in [0.3, 0.4) is 0 Å². The quantitative estimate of drug-likeness (QED) is 0.623. The molecule has 0 bridgehead atoms. The first-order valence-electron chi connectivity index (χ1n) is 7.88. The molecule has 2 aliphatic rings. The summed E-state index contributed by atoms with van der Waals surface area (Å²) in [6.45, 7) is 1.80. The molecular weight excluding hydrogens is 315 g/mol. The SMILES string of the molecule is CC[C@@]1(C(=O)OC)[NH2+][C@@H](c2ccc(F)cc2)[C@H]2C(=O)N(C)C(=O)[C@H]21. The van der Waals surface area contributed by atoms with Gasteiger partial charge < -0.3 is 10.1 Å². The van der Waals surface area contributed by atoms with E-state index in [9.17, 15) is 18.8 Å². The molecule has 0 saturated carbocycles. The Morgan fingerprint density at radius 1 is 1.29 bits per heavy atom. The summed E-state index contributed by atoms with van der Waals surface area (Å²) in [5.41, 5.74) is -0.433. The Balaban J connectivity index is 2.12. The van der Waals surface area contributed by atoms with Gasteiger partial charge in [-0.25, -0.2) is 9.18 Å². The van der Waals surface area contributed by atoms with Crippen molar-refractivity contribution >= 4 is 17.8 Å². The van der Waals surface area contributed by atoms with Crippen LogP contribution in [0, 0.1) is 17.7 Å². The number of hydrogen-bond acceptors (Lipinski definition) is 4. The number of rotatable bonds is 3. The maximum absolute atomic E-state index is 13.2. The monoisotopic (exact) mass is 335 g/mol. The number of amides is 2. The van der Waals surface area contributed by atoms with E-state index in [4.69, 9.17) is 4.74 Å². The molecule has 128 valence electrons. The summed E-state index contributed by atoms with van der Waals surface area (Å²) in [5, 5.41) is 1.75. The third kappa shape index (κ3) is 2.07. The number of carbonyl (C=O) groups is 3. The second kappa shape index (κ2) is 5.66. The fourth-order valence-corrected chi connectivity index (χ4v) is 4.12. The molecule has 2 fully saturated rings. The minimum atomic E-state index is -1.14. The van der Waals surface area contributed by atoms with Gasteiger partial charge >= 0.3 is 5.97 Å². The third-order valence-electron chi connectivity index (χ3n) is 5.40. The van der Waals surface area contributed by atoms with Gasteiger partial charge in [0.1, 0.15) is 23.7 Å². The largest absolute Gasteiger partial charge is 0.464 e. The van der Waals surface area contributed by atoms with Gasteiger partial charge in [-0.3, -0.25) is 14.5 Å². The highest BCUT2D eigenvalue weighted by atomic mass is 19.1. The fraction of sp³-hybridized carbons (Fsp3) is 0.471. The molecular formula is C17H20FN2O4+. The van der Waals surface area contributed by atoms with Crippen molar-refractivity contribution < 1.29 is 28.8 Å². The summed E-state index contributed by atoms with van der Waals surface area (Å²) >= 11 is 0. The van der Waals surface area contributed by atoms with Crippen LogP contribution >= 0.6 is 0 Å². The van der Waals surface area contributed by atoms with Gasteiger partial charge in [-0.2, -0.15) is 0 Å². The van der Waals surface area contributed by atoms with Crippen LogP contribution in [-0.2, 0) is 19.1 Å². The number of methoxy groups -OCH3 is 1. The Kier molecular flexibility index (Phi) is 3.91. The second-order valence-electron chi connectivity index (χ2n) is 6.37. The zero-order chi connectivity index (χ0) is 17.6. The summed E-state index contributed by atoms with van der Waals surface area (Å²) in [4.78, 5) is 38.9. The van der Waals surface area contributed by atoms with Crippen molar-refractivity contribution in [1.82, 2.24) is 4.90 Å². The van der Waals surface area contributed by atoms with Crippen LogP contribution in [0.2, 0.25) is 0 Å². The second-order valence-corrected chi connectivity index (χ2v) is 6.37. The number of likely N-dealkylation sites (tertiary alicyclic amines) is 1. The number of carbonyl (C=O) groups excluding carboxylic acids is 3. The van der Waals surface area contributed by atoms with Gasteiger partial charge in [-0.05, 0) is 12.1 Å². The van der Waals surface area contributed by atoms with Crippen LogP contribution in [0.1, 0.15) is 24.9 Å². The topological polar surface area (TPSA) is 80.3 Å². The molecule has 4 atom stereocenters. The van der Waals surface area contributed by atoms with Crippen molar-refractivity contribution in [3.8, 4) is 0 Å². The van der Waals surface area contributed by atoms with E-state index in [2.05, 4.69) is 0 Å². The molecule has 1 aromatic carbocycles. The van der Waals surface area contributed by atoms with Gasteiger partial charge in [-0.15, -0.1) is 0 Å². The van der Waals surface area contributed by atoms with E-state index in [0.29, 0.717) is 12.0 Å². The molecule has 1 aromatic rings. The van der Waals surface area contributed by atoms with Crippen LogP contribution in [0.25, 0.3) is 0 Å². The number of fused-ring (bicyclic) bond motifs is 1. The number of esters is 1. The Hall–Kier alpha value is -2.28. The molecule has 6 nitrogen and oxygen atoms in total. The summed E-state index contributed by atoms with van der Waals surface area (Å²) < 4.78 is 18.2. The van der Waals surface area contributed by atoms with Crippen molar-refractivity contribution in [3.05, 3.63) is 35.6 Å². The molecule has 2 saturated heterocycles. The number of quaternary nitrogens is 1. The summed E-state index contributed by atoms with van der Waals surface area (Å²) in [7, 11) is 2.71. The highest BCUT2D eigenvalue weighted by Gasteiger charge is 2.71. The standard InChI is InChI=1S/C17H19FN2O4/c1-4-17(16(23)24-3)12-11(14(21)20(2)15(12)22)13(19-17)9-5-7-10(18)8-6-9/h5-8,11-13,19H,4H2,1-3H3/p+1/t11-,12-,13-,17+/m0/s1. The number of nitrogens with two attached hydrogens (primary N) is 1. The lowest BCUT2D eigenvalue weighted by Crippen LogP contribution is -2.98. The Labute approximate surface area is 139 Å². The van der Waals surface area contributed by atoms with Crippen LogP contribution < -0.4 is 5.32 Å². The zero-order valence-corrected chi connectivity index (χ0v) is 13.8. The van der Waals surface area contributed by atoms with E-state index in [-0.39, 0.29) is 17.6 Å². The number of halogens is 1. The number of imide groups is 1. The van der Waals surface area contributed by atoms with Gasteiger partial charge in [0, 0.05) is 19.0 Å². The molecule has 2 aliphatic heterocycles. The highest BCUT2D eigenvalue weighted by Crippen LogP contribution is 2.45. The van der Waals surface area contributed by atoms with Crippen molar-refractivity contribution in [2.75, 3.05) is 14.2 Å². The predicted molar refractivity (Wildman–Crippen MR) is 80.9 cm³/mol. The van der Waals surface area contributed by atoms with Gasteiger partial charge in [0.15, 0.2) is 0 Å². The molecule has 0 aliphatic carbocycles. The maximum atomic E-state index is 13.2. The Morgan fingerprint density at radius 3 is 2.46 bits per heavy atom. The lowest BCUT2D eigenvalue weighted by atomic mass is 9.78. The van der Waals surface area contributed by atoms with Gasteiger partial charge in [-0.1, -0.05) is 19.1 Å². The molecule has 2 heterocycles. The minimum Gasteiger partial charge on any atom is -0.464 e. The minimum absolute atomic E-state index is 0.310. The number of benzene rings is 1. The van der Waals surface area contributed by atoms with Crippen molar-refractivity contribution in [3.63, 3.8) is 0 Å². The van der Waals surface area contributed by atoms with Crippen LogP contribution in [0.5, 0.6) is 0 Å². The van der Waals surface area contributed by atoms with E-state index >= 15 is 0 Å². The summed E-state index contributed by atoms with van der Waals surface area (Å²) in [6.07, 6.45) is 0.353. The molecule has 24 heavy (non-hydrogen) atoms. The fourth-order valence-electron chi connectivity index (χ4n) is 4.12. The molecule has 0 aromatic heterocycles. The normalized spacial score (nSPS) is 32.2. The summed E-state index contributed by atoms with van der Waals surface area (Å²) in [6, 6.07) is 5.37. The number of ether oxygens (including phenoxy) is 1. The van der Waals surface area contributed by atoms with Gasteiger partial charge in [0.2, 0.25) is 17.4 Å². The van der Waals surface area contributed by atoms with E-state index in [0.717, 1.165) is 4.90 Å². The van der Waals surface area contributed by atoms with E-state index < -0.39 is 29.4 Å². The molecule has 3 rings (SSSR count). The lowest BCUT2D eigenvalue weighted by molar-refractivity contribution is -0.734. The average molecular weight is 335 g/mol. The number of hydrogen-bond donors (Lipinski definition) is 1. The molecule has 7 heteroatoms. The van der Waals surface area contributed by atoms with E-state index in [1.54, 1.807) is 24.4 Å². The van der Waals surface area contributed by atoms with Crippen LogP contribution in [0.4, 0.5) is 4.39 Å². The molecule has 0 radical (unpaired) electrons. The first kappa shape index (κ1) is 16.6. The Morgan fingerprint density at radius 2 is 1.92 bits per heavy atom. The van der Waals surface area contributed by atoms with Crippen molar-refractivity contribution in [1.29, 1.82) is 0 Å². The van der Waals surface area contributed by atoms with Crippen LogP contribution in [-0.4, -0.2) is 42.4 Å². The Bertz CT molecular complexity index is 705. The maximum Gasteiger partial charge on any atom is 0.368 e. The molecule has 2 amide bonds. The van der Waals surface area contributed by atoms with Crippen molar-refractivity contribution in [2.24, 2.45) is 11.8 Å². The summed E-state index contributed by atoms with van der Waals surface area (Å²) in [5.74, 6) is -3.00. The first-order chi connectivity index (χ1) is 11.4. The molecule has 0 unspecified atom stereocenters. The zero-order valence-electron chi connectivity index (χ0n) is 13.8. The number of nitrogens with zero attached hydrogens (tertiary/aromatic N) is 1. The van der Waals surface area contributed by atoms with E-state index in [1.165, 1.54) is 26.3 Å². The van der Waals surface area contributed by atoms with Gasteiger partial charge in [0.05, 0.1) is 7.11 Å². The van der Waals surface area contributed by atoms with Crippen LogP contribution in [0.15, 0.2) is 24.3 Å². The average Bonchev–Trinajstić information content (AvgIpc) is 3.05. The first-order valence-corrected chi connectivity index (χ1v) is 7.88. The molecule has 0 spiro atoms. The van der Waals surface area contributed by atoms with Crippen molar-refractivity contribution in [2.45, 2.75) is 24.9 Å². The smallest absolute Gasteiger partial charge is 0.368 e. The molecule has 2 N–H and O–H groups in total. The van der Waals surface area contributed by atoms with Gasteiger partial charge in [0.25, 0.3) is 0 Å². The van der Waals surface area contributed by atoms with E-state index in [1.807, 2.05) is 0 Å². The lowest BCUT2D eigenvalue weighted by Gasteiger charge is -2.27. The predicted octanol–water partition coefficient (Wildman–Crippen LogP) is -0.00340. The third-order valence-corrected chi connectivity index (χ3v) is 5.40. The highest BCUT2D eigenvalue weighted by molar-refractivity contribution is 6.08.